The second-order valence-corrected chi connectivity index (χ2v) is 8.21. The molecule has 0 bridgehead atoms. The number of fused-ring (bicyclic) bond motifs is 1. The zero-order valence-corrected chi connectivity index (χ0v) is 19.5. The molecule has 0 radical (unpaired) electrons. The molecule has 3 aromatic rings. The Balaban J connectivity index is 2.02. The number of aromatic nitrogens is 2. The molecule has 1 aliphatic heterocycles. The molecule has 3 heterocycles. The molecular weight excluding hydrogens is 442 g/mol. The van der Waals surface area contributed by atoms with Crippen LogP contribution in [-0.2, 0) is 9.53 Å². The van der Waals surface area contributed by atoms with E-state index in [-0.39, 0.29) is 17.7 Å². The van der Waals surface area contributed by atoms with Crippen LogP contribution in [0.15, 0.2) is 63.8 Å². The number of thiazole rings is 1. The maximum Gasteiger partial charge on any atom is 0.338 e. The number of hydrogen-bond donors (Lipinski definition) is 0. The van der Waals surface area contributed by atoms with Gasteiger partial charge in [-0.05, 0) is 49.8 Å². The van der Waals surface area contributed by atoms with E-state index in [4.69, 9.17) is 14.2 Å². The van der Waals surface area contributed by atoms with Crippen molar-refractivity contribution in [1.29, 1.82) is 0 Å². The van der Waals surface area contributed by atoms with Crippen LogP contribution in [0.1, 0.15) is 31.0 Å². The Kier molecular flexibility index (Phi) is 6.41. The second-order valence-electron chi connectivity index (χ2n) is 7.20. The zero-order chi connectivity index (χ0) is 23.5. The van der Waals surface area contributed by atoms with Crippen molar-refractivity contribution in [2.75, 3.05) is 20.8 Å². The second kappa shape index (κ2) is 9.41. The molecule has 0 saturated carbocycles. The molecule has 33 heavy (non-hydrogen) atoms. The van der Waals surface area contributed by atoms with Crippen molar-refractivity contribution < 1.29 is 19.0 Å². The molecule has 8 nitrogen and oxygen atoms in total. The molecule has 1 atom stereocenters. The highest BCUT2D eigenvalue weighted by molar-refractivity contribution is 7.07. The van der Waals surface area contributed by atoms with Crippen molar-refractivity contribution in [2.24, 2.45) is 4.99 Å². The lowest BCUT2D eigenvalue weighted by atomic mass is 9.94. The monoisotopic (exact) mass is 465 g/mol. The van der Waals surface area contributed by atoms with Crippen LogP contribution in [0.2, 0.25) is 0 Å². The molecule has 0 amide bonds. The van der Waals surface area contributed by atoms with Crippen LogP contribution >= 0.6 is 11.3 Å². The Hall–Kier alpha value is -3.72. The minimum atomic E-state index is -0.790. The standard InChI is InChI=1S/C24H23N3O5S/c1-5-32-23(29)20-14(2)26-24-27(21(20)17-12-16(30-3)8-9-18(17)31-4)22(28)19(33-24)11-15-7-6-10-25-13-15/h6-13,21H,5H2,1-4H3/t21-/m0/s1. The van der Waals surface area contributed by atoms with Gasteiger partial charge in [0.1, 0.15) is 17.5 Å². The summed E-state index contributed by atoms with van der Waals surface area (Å²) in [6.07, 6.45) is 5.11. The van der Waals surface area contributed by atoms with E-state index in [1.807, 2.05) is 6.07 Å². The number of hydrogen-bond acceptors (Lipinski definition) is 8. The Morgan fingerprint density at radius 2 is 2.06 bits per heavy atom. The summed E-state index contributed by atoms with van der Waals surface area (Å²) in [7, 11) is 3.09. The highest BCUT2D eigenvalue weighted by atomic mass is 32.1. The quantitative estimate of drug-likeness (QED) is 0.519. The van der Waals surface area contributed by atoms with Crippen molar-refractivity contribution in [2.45, 2.75) is 19.9 Å². The number of carbonyl (C=O) groups is 1. The molecule has 9 heteroatoms. The van der Waals surface area contributed by atoms with Crippen LogP contribution in [0, 0.1) is 0 Å². The predicted molar refractivity (Wildman–Crippen MR) is 124 cm³/mol. The fourth-order valence-electron chi connectivity index (χ4n) is 3.75. The molecule has 0 spiro atoms. The average Bonchev–Trinajstić information content (AvgIpc) is 3.12. The number of benzene rings is 1. The molecule has 0 saturated heterocycles. The summed E-state index contributed by atoms with van der Waals surface area (Å²) in [6, 6.07) is 8.15. The summed E-state index contributed by atoms with van der Waals surface area (Å²) in [5.41, 5.74) is 1.89. The number of methoxy groups -OCH3 is 2. The van der Waals surface area contributed by atoms with E-state index < -0.39 is 12.0 Å². The Morgan fingerprint density at radius 1 is 1.24 bits per heavy atom. The maximum atomic E-state index is 13.6. The van der Waals surface area contributed by atoms with Crippen LogP contribution in [0.4, 0.5) is 0 Å². The lowest BCUT2D eigenvalue weighted by Crippen LogP contribution is -2.40. The molecule has 0 N–H and O–H groups in total. The van der Waals surface area contributed by atoms with Crippen molar-refractivity contribution in [3.63, 3.8) is 0 Å². The van der Waals surface area contributed by atoms with Crippen LogP contribution in [0.25, 0.3) is 6.08 Å². The first-order valence-corrected chi connectivity index (χ1v) is 11.1. The van der Waals surface area contributed by atoms with Gasteiger partial charge in [0.15, 0.2) is 4.80 Å². The third-order valence-electron chi connectivity index (χ3n) is 5.23. The van der Waals surface area contributed by atoms with E-state index in [0.29, 0.717) is 32.1 Å². The van der Waals surface area contributed by atoms with Crippen molar-refractivity contribution in [3.05, 3.63) is 84.8 Å². The average molecular weight is 466 g/mol. The summed E-state index contributed by atoms with van der Waals surface area (Å²) in [5, 5.41) is 0. The molecule has 0 aliphatic carbocycles. The van der Waals surface area contributed by atoms with E-state index in [0.717, 1.165) is 5.56 Å². The van der Waals surface area contributed by atoms with Gasteiger partial charge in [0.2, 0.25) is 0 Å². The van der Waals surface area contributed by atoms with Crippen LogP contribution < -0.4 is 24.4 Å². The SMILES string of the molecule is CCOC(=O)C1=C(C)N=c2sc(=Cc3cccnc3)c(=O)n2[C@H]1c1cc(OC)ccc1OC. The van der Waals surface area contributed by atoms with Gasteiger partial charge in [-0.25, -0.2) is 9.79 Å². The van der Waals surface area contributed by atoms with Gasteiger partial charge in [0.25, 0.3) is 5.56 Å². The fourth-order valence-corrected chi connectivity index (χ4v) is 4.80. The molecular formula is C24H23N3O5S. The first kappa shape index (κ1) is 22.5. The van der Waals surface area contributed by atoms with E-state index in [1.165, 1.54) is 23.0 Å². The minimum absolute atomic E-state index is 0.197. The topological polar surface area (TPSA) is 92.0 Å². The van der Waals surface area contributed by atoms with E-state index in [9.17, 15) is 9.59 Å². The smallest absolute Gasteiger partial charge is 0.338 e. The Labute approximate surface area is 194 Å². The number of allylic oxidation sites excluding steroid dienone is 1. The number of esters is 1. The van der Waals surface area contributed by atoms with Gasteiger partial charge in [0, 0.05) is 18.0 Å². The molecule has 0 fully saturated rings. The highest BCUT2D eigenvalue weighted by Crippen LogP contribution is 2.37. The number of rotatable bonds is 6. The van der Waals surface area contributed by atoms with Gasteiger partial charge < -0.3 is 14.2 Å². The van der Waals surface area contributed by atoms with Crippen LogP contribution in [0.3, 0.4) is 0 Å². The predicted octanol–water partition coefficient (Wildman–Crippen LogP) is 2.21. The number of ether oxygens (including phenoxy) is 3. The van der Waals surface area contributed by atoms with Crippen LogP contribution in [-0.4, -0.2) is 36.3 Å². The van der Waals surface area contributed by atoms with Gasteiger partial charge in [-0.2, -0.15) is 0 Å². The largest absolute Gasteiger partial charge is 0.497 e. The number of pyridine rings is 1. The molecule has 4 rings (SSSR count). The molecule has 1 aromatic carbocycles. The zero-order valence-electron chi connectivity index (χ0n) is 18.7. The van der Waals surface area contributed by atoms with Crippen LogP contribution in [0.5, 0.6) is 11.5 Å². The molecule has 1 aliphatic rings. The van der Waals surface area contributed by atoms with E-state index >= 15 is 0 Å². The summed E-state index contributed by atoms with van der Waals surface area (Å²) < 4.78 is 18.3. The highest BCUT2D eigenvalue weighted by Gasteiger charge is 2.35. The third kappa shape index (κ3) is 4.19. The summed E-state index contributed by atoms with van der Waals surface area (Å²) in [4.78, 5) is 35.8. The Bertz CT molecular complexity index is 1410. The van der Waals surface area contributed by atoms with E-state index in [2.05, 4.69) is 9.98 Å². The van der Waals surface area contributed by atoms with Crippen molar-refractivity contribution in [1.82, 2.24) is 9.55 Å². The maximum absolute atomic E-state index is 13.6. The molecule has 0 unspecified atom stereocenters. The molecule has 170 valence electrons. The normalized spacial score (nSPS) is 15.6. The van der Waals surface area contributed by atoms with Crippen molar-refractivity contribution in [3.8, 4) is 11.5 Å². The third-order valence-corrected chi connectivity index (χ3v) is 6.21. The Morgan fingerprint density at radius 3 is 2.73 bits per heavy atom. The lowest BCUT2D eigenvalue weighted by Gasteiger charge is -2.26. The summed E-state index contributed by atoms with van der Waals surface area (Å²) in [6.45, 7) is 3.67. The summed E-state index contributed by atoms with van der Waals surface area (Å²) >= 11 is 1.25. The first-order chi connectivity index (χ1) is 16.0. The van der Waals surface area contributed by atoms with Gasteiger partial charge in [-0.15, -0.1) is 0 Å². The van der Waals surface area contributed by atoms with Gasteiger partial charge >= 0.3 is 5.97 Å². The van der Waals surface area contributed by atoms with Crippen molar-refractivity contribution >= 4 is 23.4 Å². The van der Waals surface area contributed by atoms with Gasteiger partial charge in [0.05, 0.1) is 36.6 Å². The number of carbonyl (C=O) groups excluding carboxylic acids is 1. The van der Waals surface area contributed by atoms with E-state index in [1.54, 1.807) is 63.7 Å². The lowest BCUT2D eigenvalue weighted by molar-refractivity contribution is -0.139. The number of nitrogens with zero attached hydrogens (tertiary/aromatic N) is 3. The van der Waals surface area contributed by atoms with Gasteiger partial charge in [-0.1, -0.05) is 17.4 Å². The summed E-state index contributed by atoms with van der Waals surface area (Å²) in [5.74, 6) is 0.551. The minimum Gasteiger partial charge on any atom is -0.497 e. The first-order valence-electron chi connectivity index (χ1n) is 10.3. The van der Waals surface area contributed by atoms with Gasteiger partial charge in [-0.3, -0.25) is 14.3 Å². The fraction of sp³-hybridized carbons (Fsp3) is 0.250. The molecule has 2 aromatic heterocycles.